The number of carbonyl (C=O) groups is 1. The van der Waals surface area contributed by atoms with Crippen molar-refractivity contribution in [2.75, 3.05) is 12.4 Å². The van der Waals surface area contributed by atoms with E-state index in [1.165, 1.54) is 25.6 Å². The molecular weight excluding hydrogens is 563 g/mol. The number of aliphatic hydroxyl groups is 2. The Bertz CT molecular complexity index is 1420. The van der Waals surface area contributed by atoms with Gasteiger partial charge in [-0.2, -0.15) is 13.1 Å². The average molecular weight is 588 g/mol. The Hall–Kier alpha value is -2.16. The third-order valence-corrected chi connectivity index (χ3v) is 8.68. The molecule has 1 aromatic carbocycles. The van der Waals surface area contributed by atoms with E-state index < -0.39 is 39.9 Å². The third-order valence-electron chi connectivity index (χ3n) is 6.09. The van der Waals surface area contributed by atoms with E-state index in [1.54, 1.807) is 31.2 Å². The molecule has 37 heavy (non-hydrogen) atoms. The number of ketones is 1. The van der Waals surface area contributed by atoms with Crippen molar-refractivity contribution in [2.24, 2.45) is 0 Å². The lowest BCUT2D eigenvalue weighted by molar-refractivity contribution is 0.0636. The van der Waals surface area contributed by atoms with Crippen molar-refractivity contribution in [3.05, 3.63) is 73.8 Å². The Labute approximate surface area is 227 Å². The predicted octanol–water partition coefficient (Wildman–Crippen LogP) is 3.12. The normalized spacial score (nSPS) is 21.5. The highest BCUT2D eigenvalue weighted by Gasteiger charge is 2.38. The first-order valence-electron chi connectivity index (χ1n) is 11.1. The SMILES string of the molecule is CNS(=O)(=O)O[C@@H]1C[C@H](Nc2ncncc2C(=O)c2cc([C@@](C)(O)c3cccc(Cl)c3)c(Cl)s2)C[C@@H]1O. The number of benzene rings is 1. The Morgan fingerprint density at radius 1 is 1.27 bits per heavy atom. The summed E-state index contributed by atoms with van der Waals surface area (Å²) in [5.41, 5.74) is -0.494. The molecule has 0 aliphatic heterocycles. The van der Waals surface area contributed by atoms with E-state index in [2.05, 4.69) is 15.3 Å². The zero-order valence-electron chi connectivity index (χ0n) is 19.7. The van der Waals surface area contributed by atoms with Gasteiger partial charge in [0.1, 0.15) is 23.9 Å². The first-order chi connectivity index (χ1) is 17.4. The summed E-state index contributed by atoms with van der Waals surface area (Å²) in [5, 5.41) is 25.1. The summed E-state index contributed by atoms with van der Waals surface area (Å²) in [6.45, 7) is 1.57. The maximum atomic E-state index is 13.4. The Kier molecular flexibility index (Phi) is 8.22. The van der Waals surface area contributed by atoms with Gasteiger partial charge in [-0.3, -0.25) is 8.98 Å². The number of aromatic nitrogens is 2. The second-order valence-corrected chi connectivity index (χ2v) is 12.3. The highest BCUT2D eigenvalue weighted by atomic mass is 35.5. The van der Waals surface area contributed by atoms with Crippen LogP contribution in [0, 0.1) is 0 Å². The summed E-state index contributed by atoms with van der Waals surface area (Å²) in [7, 11) is -2.77. The number of rotatable bonds is 9. The van der Waals surface area contributed by atoms with E-state index in [9.17, 15) is 23.4 Å². The van der Waals surface area contributed by atoms with Crippen LogP contribution in [0.15, 0.2) is 42.9 Å². The molecule has 1 saturated carbocycles. The molecule has 14 heteroatoms. The maximum absolute atomic E-state index is 13.4. The lowest BCUT2D eigenvalue weighted by Crippen LogP contribution is -2.31. The van der Waals surface area contributed by atoms with Crippen LogP contribution in [0.25, 0.3) is 0 Å². The van der Waals surface area contributed by atoms with Crippen molar-refractivity contribution in [1.82, 2.24) is 14.7 Å². The van der Waals surface area contributed by atoms with Crippen molar-refractivity contribution in [3.63, 3.8) is 0 Å². The van der Waals surface area contributed by atoms with E-state index >= 15 is 0 Å². The van der Waals surface area contributed by atoms with E-state index in [1.807, 2.05) is 4.72 Å². The second-order valence-electron chi connectivity index (χ2n) is 8.67. The van der Waals surface area contributed by atoms with Gasteiger partial charge in [-0.25, -0.2) is 9.97 Å². The number of nitrogens with one attached hydrogen (secondary N) is 2. The zero-order chi connectivity index (χ0) is 27.0. The van der Waals surface area contributed by atoms with Gasteiger partial charge in [0.2, 0.25) is 5.78 Å². The van der Waals surface area contributed by atoms with Gasteiger partial charge in [-0.1, -0.05) is 35.3 Å². The van der Waals surface area contributed by atoms with Gasteiger partial charge in [0, 0.05) is 29.9 Å². The molecule has 0 bridgehead atoms. The van der Waals surface area contributed by atoms with Crippen molar-refractivity contribution in [3.8, 4) is 0 Å². The molecule has 4 atom stereocenters. The van der Waals surface area contributed by atoms with Crippen molar-refractivity contribution in [2.45, 2.75) is 43.6 Å². The first kappa shape index (κ1) is 27.9. The van der Waals surface area contributed by atoms with E-state index in [-0.39, 0.29) is 33.4 Å². The number of anilines is 1. The zero-order valence-corrected chi connectivity index (χ0v) is 22.8. The number of halogens is 2. The maximum Gasteiger partial charge on any atom is 0.335 e. The predicted molar refractivity (Wildman–Crippen MR) is 140 cm³/mol. The summed E-state index contributed by atoms with van der Waals surface area (Å²) in [5.74, 6) is -0.214. The lowest BCUT2D eigenvalue weighted by atomic mass is 9.89. The smallest absolute Gasteiger partial charge is 0.335 e. The third kappa shape index (κ3) is 6.13. The van der Waals surface area contributed by atoms with Crippen LogP contribution in [-0.4, -0.2) is 59.7 Å². The van der Waals surface area contributed by atoms with Crippen LogP contribution >= 0.6 is 34.5 Å². The average Bonchev–Trinajstić information content (AvgIpc) is 3.41. The van der Waals surface area contributed by atoms with E-state index in [4.69, 9.17) is 27.4 Å². The van der Waals surface area contributed by atoms with E-state index in [0.717, 1.165) is 11.3 Å². The molecule has 1 aliphatic rings. The Morgan fingerprint density at radius 3 is 2.73 bits per heavy atom. The minimum atomic E-state index is -3.98. The number of aliphatic hydroxyl groups excluding tert-OH is 1. The quantitative estimate of drug-likeness (QED) is 0.277. The number of hydrogen-bond acceptors (Lipinski definition) is 10. The fraction of sp³-hybridized carbons (Fsp3) is 0.348. The van der Waals surface area contributed by atoms with Gasteiger partial charge >= 0.3 is 10.3 Å². The Morgan fingerprint density at radius 2 is 2.03 bits per heavy atom. The highest BCUT2D eigenvalue weighted by molar-refractivity contribution is 7.84. The number of hydrogen-bond donors (Lipinski definition) is 4. The molecule has 2 aromatic heterocycles. The molecule has 1 aliphatic carbocycles. The van der Waals surface area contributed by atoms with Crippen molar-refractivity contribution < 1.29 is 27.6 Å². The molecule has 198 valence electrons. The van der Waals surface area contributed by atoms with Crippen molar-refractivity contribution >= 4 is 56.4 Å². The molecular formula is C23H24Cl2N4O6S2. The first-order valence-corrected chi connectivity index (χ1v) is 14.1. The number of nitrogens with zero attached hydrogens (tertiary/aromatic N) is 2. The molecule has 3 aromatic rings. The van der Waals surface area contributed by atoms with Crippen LogP contribution in [0.3, 0.4) is 0 Å². The van der Waals surface area contributed by atoms with Gasteiger partial charge in [-0.05, 0) is 43.5 Å². The van der Waals surface area contributed by atoms with Gasteiger partial charge in [0.05, 0.1) is 20.9 Å². The number of carbonyl (C=O) groups excluding carboxylic acids is 1. The van der Waals surface area contributed by atoms with Crippen LogP contribution in [0.2, 0.25) is 9.36 Å². The van der Waals surface area contributed by atoms with Crippen LogP contribution in [-0.2, 0) is 20.1 Å². The monoisotopic (exact) mass is 586 g/mol. The topological polar surface area (TPSA) is 151 Å². The Balaban J connectivity index is 1.56. The molecule has 4 rings (SSSR count). The molecule has 2 heterocycles. The molecule has 0 radical (unpaired) electrons. The second kappa shape index (κ2) is 10.9. The summed E-state index contributed by atoms with van der Waals surface area (Å²) < 4.78 is 30.7. The standard InChI is InChI=1S/C23H24Cl2N4O6S2/c1-23(32,12-4-3-5-13(24)6-12)16-9-19(36-21(16)25)20(31)15-10-27-11-28-22(15)29-14-7-17(30)18(8-14)35-37(33,34)26-2/h3-6,9-11,14,17-18,26,30,32H,7-8H2,1-2H3,(H,27,28,29)/t14-,17+,18-,23+/m1/s1. The van der Waals surface area contributed by atoms with Crippen molar-refractivity contribution in [1.29, 1.82) is 0 Å². The van der Waals surface area contributed by atoms with Crippen LogP contribution < -0.4 is 10.0 Å². The fourth-order valence-corrected chi connectivity index (χ4v) is 6.35. The summed E-state index contributed by atoms with van der Waals surface area (Å²) >= 11 is 13.6. The van der Waals surface area contributed by atoms with Gasteiger partial charge in [0.25, 0.3) is 0 Å². The minimum absolute atomic E-state index is 0.149. The fourth-order valence-electron chi connectivity index (χ4n) is 4.11. The summed E-state index contributed by atoms with van der Waals surface area (Å²) in [6.07, 6.45) is 0.972. The molecule has 4 N–H and O–H groups in total. The molecule has 0 amide bonds. The van der Waals surface area contributed by atoms with E-state index in [0.29, 0.717) is 16.1 Å². The van der Waals surface area contributed by atoms with Crippen LogP contribution in [0.5, 0.6) is 0 Å². The molecule has 0 unspecified atom stereocenters. The summed E-state index contributed by atoms with van der Waals surface area (Å²) in [6, 6.07) is 7.84. The van der Waals surface area contributed by atoms with Gasteiger partial charge in [-0.15, -0.1) is 11.3 Å². The summed E-state index contributed by atoms with van der Waals surface area (Å²) in [4.78, 5) is 21.8. The number of thiophene rings is 1. The molecule has 0 spiro atoms. The van der Waals surface area contributed by atoms with Gasteiger partial charge < -0.3 is 15.5 Å². The van der Waals surface area contributed by atoms with Crippen LogP contribution in [0.1, 0.15) is 46.1 Å². The van der Waals surface area contributed by atoms with Gasteiger partial charge in [0.15, 0.2) is 0 Å². The minimum Gasteiger partial charge on any atom is -0.390 e. The van der Waals surface area contributed by atoms with Crippen LogP contribution in [0.4, 0.5) is 5.82 Å². The molecule has 0 saturated heterocycles. The molecule has 10 nitrogen and oxygen atoms in total. The highest BCUT2D eigenvalue weighted by Crippen LogP contribution is 2.40. The largest absolute Gasteiger partial charge is 0.390 e. The lowest BCUT2D eigenvalue weighted by Gasteiger charge is -2.23. The molecule has 1 fully saturated rings.